The second kappa shape index (κ2) is 7.92. The molecule has 6 heteroatoms. The molecule has 0 fully saturated rings. The molecule has 0 aliphatic carbocycles. The van der Waals surface area contributed by atoms with Gasteiger partial charge in [0.05, 0.1) is 24.5 Å². The summed E-state index contributed by atoms with van der Waals surface area (Å²) < 4.78 is 5.53. The lowest BCUT2D eigenvalue weighted by molar-refractivity contribution is -0.121. The number of nitrogens with one attached hydrogen (secondary N) is 1. The summed E-state index contributed by atoms with van der Waals surface area (Å²) in [6.07, 6.45) is 1.69. The fourth-order valence-electron chi connectivity index (χ4n) is 3.06. The Labute approximate surface area is 162 Å². The molecule has 0 atom stereocenters. The summed E-state index contributed by atoms with van der Waals surface area (Å²) in [5, 5.41) is 2.85. The molecule has 0 radical (unpaired) electrons. The van der Waals surface area contributed by atoms with E-state index in [9.17, 15) is 9.59 Å². The molecule has 0 saturated carbocycles. The molecule has 2 amide bonds. The van der Waals surface area contributed by atoms with Crippen molar-refractivity contribution in [2.45, 2.75) is 13.1 Å². The SMILES string of the molecule is O=C(NCc1ccccn1)c1ccc2c(c1)N(Cc1ccccc1)C(=O)CO2. The Hall–Kier alpha value is -3.67. The fourth-order valence-corrected chi connectivity index (χ4v) is 3.06. The first-order chi connectivity index (χ1) is 13.7. The van der Waals surface area contributed by atoms with Gasteiger partial charge in [-0.25, -0.2) is 0 Å². The Bertz CT molecular complexity index is 990. The Morgan fingerprint density at radius 3 is 2.68 bits per heavy atom. The highest BCUT2D eigenvalue weighted by atomic mass is 16.5. The van der Waals surface area contributed by atoms with Gasteiger partial charge in [-0.3, -0.25) is 14.6 Å². The van der Waals surface area contributed by atoms with Gasteiger partial charge in [0, 0.05) is 11.8 Å². The van der Waals surface area contributed by atoms with E-state index in [1.54, 1.807) is 29.3 Å². The predicted octanol–water partition coefficient (Wildman–Crippen LogP) is 2.94. The molecule has 4 rings (SSSR count). The molecular weight excluding hydrogens is 354 g/mol. The maximum Gasteiger partial charge on any atom is 0.265 e. The van der Waals surface area contributed by atoms with Gasteiger partial charge in [0.2, 0.25) is 0 Å². The number of nitrogens with zero attached hydrogens (tertiary/aromatic N) is 2. The minimum Gasteiger partial charge on any atom is -0.482 e. The summed E-state index contributed by atoms with van der Waals surface area (Å²) in [6.45, 7) is 0.750. The highest BCUT2D eigenvalue weighted by Gasteiger charge is 2.26. The van der Waals surface area contributed by atoms with E-state index < -0.39 is 0 Å². The molecule has 0 saturated heterocycles. The molecule has 1 N–H and O–H groups in total. The highest BCUT2D eigenvalue weighted by Crippen LogP contribution is 2.34. The summed E-state index contributed by atoms with van der Waals surface area (Å²) in [4.78, 5) is 30.9. The van der Waals surface area contributed by atoms with Crippen molar-refractivity contribution in [2.24, 2.45) is 0 Å². The van der Waals surface area contributed by atoms with Crippen molar-refractivity contribution in [1.82, 2.24) is 10.3 Å². The van der Waals surface area contributed by atoms with Crippen LogP contribution in [0.15, 0.2) is 72.9 Å². The number of carbonyl (C=O) groups is 2. The number of hydrogen-bond acceptors (Lipinski definition) is 4. The molecule has 140 valence electrons. The van der Waals surface area contributed by atoms with Crippen molar-refractivity contribution < 1.29 is 14.3 Å². The number of benzene rings is 2. The quantitative estimate of drug-likeness (QED) is 0.746. The Morgan fingerprint density at radius 2 is 1.89 bits per heavy atom. The standard InChI is InChI=1S/C22H19N3O3/c26-21-15-28-20-10-9-17(22(27)24-13-18-8-4-5-11-23-18)12-19(20)25(21)14-16-6-2-1-3-7-16/h1-12H,13-15H2,(H,24,27). The first kappa shape index (κ1) is 17.7. The van der Waals surface area contributed by atoms with Crippen LogP contribution in [0.25, 0.3) is 0 Å². The molecule has 3 aromatic rings. The number of rotatable bonds is 5. The van der Waals surface area contributed by atoms with E-state index in [2.05, 4.69) is 10.3 Å². The fraction of sp³-hybridized carbons (Fsp3) is 0.136. The third kappa shape index (κ3) is 3.86. The van der Waals surface area contributed by atoms with Crippen LogP contribution < -0.4 is 15.0 Å². The Morgan fingerprint density at radius 1 is 1.07 bits per heavy atom. The van der Waals surface area contributed by atoms with Crippen LogP contribution in [0.3, 0.4) is 0 Å². The molecule has 1 aliphatic rings. The van der Waals surface area contributed by atoms with Crippen LogP contribution in [0.1, 0.15) is 21.6 Å². The van der Waals surface area contributed by atoms with Crippen molar-refractivity contribution in [2.75, 3.05) is 11.5 Å². The molecule has 0 bridgehead atoms. The number of aromatic nitrogens is 1. The van der Waals surface area contributed by atoms with Crippen molar-refractivity contribution in [3.63, 3.8) is 0 Å². The van der Waals surface area contributed by atoms with Gasteiger partial charge in [-0.2, -0.15) is 0 Å². The molecular formula is C22H19N3O3. The summed E-state index contributed by atoms with van der Waals surface area (Å²) in [6, 6.07) is 20.4. The summed E-state index contributed by atoms with van der Waals surface area (Å²) in [5.74, 6) is 0.227. The van der Waals surface area contributed by atoms with Crippen molar-refractivity contribution in [3.8, 4) is 5.75 Å². The third-order valence-electron chi connectivity index (χ3n) is 4.50. The molecule has 1 aromatic heterocycles. The first-order valence-electron chi connectivity index (χ1n) is 9.00. The second-order valence-electron chi connectivity index (χ2n) is 6.44. The van der Waals surface area contributed by atoms with Gasteiger partial charge in [-0.1, -0.05) is 36.4 Å². The summed E-state index contributed by atoms with van der Waals surface area (Å²) in [7, 11) is 0. The van der Waals surface area contributed by atoms with Gasteiger partial charge in [-0.15, -0.1) is 0 Å². The van der Waals surface area contributed by atoms with Gasteiger partial charge in [0.25, 0.3) is 11.8 Å². The minimum atomic E-state index is -0.230. The Balaban J connectivity index is 1.55. The van der Waals surface area contributed by atoms with Gasteiger partial charge >= 0.3 is 0 Å². The van der Waals surface area contributed by atoms with E-state index in [1.165, 1.54) is 0 Å². The number of hydrogen-bond donors (Lipinski definition) is 1. The Kier molecular flexibility index (Phi) is 5.01. The second-order valence-corrected chi connectivity index (χ2v) is 6.44. The molecule has 0 spiro atoms. The number of carbonyl (C=O) groups excluding carboxylic acids is 2. The van der Waals surface area contributed by atoms with E-state index in [0.717, 1.165) is 11.3 Å². The number of ether oxygens (including phenoxy) is 1. The molecule has 6 nitrogen and oxygen atoms in total. The normalized spacial score (nSPS) is 12.9. The van der Waals surface area contributed by atoms with Crippen LogP contribution in [0.2, 0.25) is 0 Å². The van der Waals surface area contributed by atoms with Gasteiger partial charge in [0.1, 0.15) is 5.75 Å². The molecule has 0 unspecified atom stereocenters. The van der Waals surface area contributed by atoms with Gasteiger partial charge < -0.3 is 15.0 Å². The zero-order valence-electron chi connectivity index (χ0n) is 15.2. The maximum atomic E-state index is 12.6. The first-order valence-corrected chi connectivity index (χ1v) is 9.00. The third-order valence-corrected chi connectivity index (χ3v) is 4.50. The lowest BCUT2D eigenvalue weighted by Gasteiger charge is -2.29. The largest absolute Gasteiger partial charge is 0.482 e. The van der Waals surface area contributed by atoms with Crippen LogP contribution in [-0.2, 0) is 17.9 Å². The van der Waals surface area contributed by atoms with Crippen LogP contribution in [-0.4, -0.2) is 23.4 Å². The van der Waals surface area contributed by atoms with E-state index in [0.29, 0.717) is 30.1 Å². The number of pyridine rings is 1. The lowest BCUT2D eigenvalue weighted by atomic mass is 10.1. The molecule has 2 aromatic carbocycles. The minimum absolute atomic E-state index is 0.00888. The van der Waals surface area contributed by atoms with E-state index >= 15 is 0 Å². The van der Waals surface area contributed by atoms with E-state index in [1.807, 2.05) is 48.5 Å². The monoisotopic (exact) mass is 373 g/mol. The average Bonchev–Trinajstić information content (AvgIpc) is 2.75. The van der Waals surface area contributed by atoms with Crippen LogP contribution in [0.4, 0.5) is 5.69 Å². The average molecular weight is 373 g/mol. The smallest absolute Gasteiger partial charge is 0.265 e. The van der Waals surface area contributed by atoms with Crippen molar-refractivity contribution >= 4 is 17.5 Å². The number of amides is 2. The molecule has 2 heterocycles. The van der Waals surface area contributed by atoms with Crippen molar-refractivity contribution in [1.29, 1.82) is 0 Å². The van der Waals surface area contributed by atoms with Gasteiger partial charge in [0.15, 0.2) is 6.61 Å². The topological polar surface area (TPSA) is 71.5 Å². The van der Waals surface area contributed by atoms with Crippen molar-refractivity contribution in [3.05, 3.63) is 89.7 Å². The summed E-state index contributed by atoms with van der Waals surface area (Å²) in [5.41, 5.74) is 2.85. The zero-order valence-corrected chi connectivity index (χ0v) is 15.2. The maximum absolute atomic E-state index is 12.6. The van der Waals surface area contributed by atoms with Crippen LogP contribution in [0.5, 0.6) is 5.75 Å². The van der Waals surface area contributed by atoms with Crippen LogP contribution in [0, 0.1) is 0 Å². The lowest BCUT2D eigenvalue weighted by Crippen LogP contribution is -2.38. The summed E-state index contributed by atoms with van der Waals surface area (Å²) >= 11 is 0. The molecule has 28 heavy (non-hydrogen) atoms. The molecule has 1 aliphatic heterocycles. The number of anilines is 1. The predicted molar refractivity (Wildman–Crippen MR) is 105 cm³/mol. The van der Waals surface area contributed by atoms with Crippen LogP contribution >= 0.6 is 0 Å². The zero-order chi connectivity index (χ0) is 19.3. The van der Waals surface area contributed by atoms with Gasteiger partial charge in [-0.05, 0) is 35.9 Å². The number of fused-ring (bicyclic) bond motifs is 1. The van der Waals surface area contributed by atoms with E-state index in [-0.39, 0.29) is 18.4 Å². The van der Waals surface area contributed by atoms with E-state index in [4.69, 9.17) is 4.74 Å². The highest BCUT2D eigenvalue weighted by molar-refractivity contribution is 6.01.